The summed E-state index contributed by atoms with van der Waals surface area (Å²) in [5, 5.41) is 7.09. The molecular formula is C23H24N2OS. The van der Waals surface area contributed by atoms with Crippen molar-refractivity contribution in [2.45, 2.75) is 19.8 Å². The first kappa shape index (κ1) is 18.9. The van der Waals surface area contributed by atoms with Crippen LogP contribution in [0.2, 0.25) is 0 Å². The van der Waals surface area contributed by atoms with Crippen molar-refractivity contribution in [3.63, 3.8) is 0 Å². The molecule has 0 fully saturated rings. The van der Waals surface area contributed by atoms with E-state index in [-0.39, 0.29) is 0 Å². The maximum atomic E-state index is 5.84. The van der Waals surface area contributed by atoms with E-state index in [0.29, 0.717) is 5.11 Å². The van der Waals surface area contributed by atoms with E-state index >= 15 is 0 Å². The van der Waals surface area contributed by atoms with Crippen LogP contribution in [0.4, 0.5) is 5.69 Å². The summed E-state index contributed by atoms with van der Waals surface area (Å²) in [6.45, 7) is 2.90. The maximum Gasteiger partial charge on any atom is 0.170 e. The molecule has 0 atom stereocenters. The van der Waals surface area contributed by atoms with Crippen LogP contribution >= 0.6 is 12.2 Å². The average Bonchev–Trinajstić information content (AvgIpc) is 2.69. The van der Waals surface area contributed by atoms with Crippen molar-refractivity contribution in [2.75, 3.05) is 11.9 Å². The Bertz CT molecular complexity index is 846. The standard InChI is InChI=1S/C23H24N2OS/c1-18-9-13-21(14-10-18)26-22-15-11-20(12-16-22)25-23(27)24-17-5-8-19-6-3-2-4-7-19/h2-4,6-7,9-16H,5,8,17H2,1H3,(H2,24,25,27). The Morgan fingerprint density at radius 3 is 2.15 bits per heavy atom. The summed E-state index contributed by atoms with van der Waals surface area (Å²) in [7, 11) is 0. The lowest BCUT2D eigenvalue weighted by molar-refractivity contribution is 0.482. The van der Waals surface area contributed by atoms with Crippen LogP contribution < -0.4 is 15.4 Å². The van der Waals surface area contributed by atoms with Crippen LogP contribution in [0.15, 0.2) is 78.9 Å². The Labute approximate surface area is 166 Å². The second-order valence-corrected chi connectivity index (χ2v) is 6.82. The SMILES string of the molecule is Cc1ccc(Oc2ccc(NC(=S)NCCCc3ccccc3)cc2)cc1. The summed E-state index contributed by atoms with van der Waals surface area (Å²) < 4.78 is 5.84. The highest BCUT2D eigenvalue weighted by atomic mass is 32.1. The van der Waals surface area contributed by atoms with Crippen LogP contribution in [0.5, 0.6) is 11.5 Å². The predicted molar refractivity (Wildman–Crippen MR) is 117 cm³/mol. The highest BCUT2D eigenvalue weighted by molar-refractivity contribution is 7.80. The van der Waals surface area contributed by atoms with Crippen LogP contribution in [0.25, 0.3) is 0 Å². The molecule has 0 aliphatic heterocycles. The Balaban J connectivity index is 1.41. The molecule has 3 rings (SSSR count). The fourth-order valence-electron chi connectivity index (χ4n) is 2.66. The van der Waals surface area contributed by atoms with Crippen molar-refractivity contribution in [3.05, 3.63) is 90.0 Å². The van der Waals surface area contributed by atoms with Gasteiger partial charge in [0.25, 0.3) is 0 Å². The minimum atomic E-state index is 0.635. The zero-order chi connectivity index (χ0) is 18.9. The Hall–Kier alpha value is -2.85. The van der Waals surface area contributed by atoms with Gasteiger partial charge in [-0.2, -0.15) is 0 Å². The molecule has 0 bridgehead atoms. The molecule has 0 saturated carbocycles. The molecule has 0 spiro atoms. The lowest BCUT2D eigenvalue weighted by Crippen LogP contribution is -2.29. The molecule has 0 saturated heterocycles. The monoisotopic (exact) mass is 376 g/mol. The van der Waals surface area contributed by atoms with Gasteiger partial charge in [0.2, 0.25) is 0 Å². The normalized spacial score (nSPS) is 10.3. The van der Waals surface area contributed by atoms with Gasteiger partial charge in [-0.1, -0.05) is 48.0 Å². The van der Waals surface area contributed by atoms with Crippen molar-refractivity contribution in [1.82, 2.24) is 5.32 Å². The van der Waals surface area contributed by atoms with Crippen molar-refractivity contribution < 1.29 is 4.74 Å². The second kappa shape index (κ2) is 9.74. The van der Waals surface area contributed by atoms with Gasteiger partial charge in [-0.15, -0.1) is 0 Å². The summed E-state index contributed by atoms with van der Waals surface area (Å²) in [5.74, 6) is 1.63. The smallest absolute Gasteiger partial charge is 0.170 e. The number of rotatable bonds is 7. The molecule has 0 heterocycles. The summed E-state index contributed by atoms with van der Waals surface area (Å²) in [4.78, 5) is 0. The van der Waals surface area contributed by atoms with Gasteiger partial charge in [-0.3, -0.25) is 0 Å². The van der Waals surface area contributed by atoms with Crippen molar-refractivity contribution in [1.29, 1.82) is 0 Å². The van der Waals surface area contributed by atoms with Gasteiger partial charge in [-0.25, -0.2) is 0 Å². The Kier molecular flexibility index (Phi) is 6.83. The van der Waals surface area contributed by atoms with Gasteiger partial charge in [0.15, 0.2) is 5.11 Å². The third-order valence-corrected chi connectivity index (χ3v) is 4.39. The largest absolute Gasteiger partial charge is 0.457 e. The van der Waals surface area contributed by atoms with Gasteiger partial charge in [0.05, 0.1) is 0 Å². The predicted octanol–water partition coefficient (Wildman–Crippen LogP) is 5.71. The van der Waals surface area contributed by atoms with Gasteiger partial charge in [0.1, 0.15) is 11.5 Å². The molecule has 3 aromatic carbocycles. The van der Waals surface area contributed by atoms with Crippen molar-refractivity contribution >= 4 is 23.0 Å². The lowest BCUT2D eigenvalue weighted by atomic mass is 10.1. The summed E-state index contributed by atoms with van der Waals surface area (Å²) >= 11 is 5.36. The highest BCUT2D eigenvalue weighted by Gasteiger charge is 2.00. The van der Waals surface area contributed by atoms with E-state index in [4.69, 9.17) is 17.0 Å². The number of anilines is 1. The fraction of sp³-hybridized carbons (Fsp3) is 0.174. The van der Waals surface area contributed by atoms with Gasteiger partial charge < -0.3 is 15.4 Å². The molecule has 0 aromatic heterocycles. The Morgan fingerprint density at radius 2 is 1.48 bits per heavy atom. The third kappa shape index (κ3) is 6.42. The molecule has 0 aliphatic rings. The van der Waals surface area contributed by atoms with Gasteiger partial charge in [-0.05, 0) is 73.9 Å². The molecule has 0 unspecified atom stereocenters. The maximum absolute atomic E-state index is 5.84. The molecule has 4 heteroatoms. The summed E-state index contributed by atoms with van der Waals surface area (Å²) in [6.07, 6.45) is 2.08. The van der Waals surface area contributed by atoms with Crippen LogP contribution in [-0.4, -0.2) is 11.7 Å². The molecule has 0 radical (unpaired) electrons. The third-order valence-electron chi connectivity index (χ3n) is 4.14. The first-order chi connectivity index (χ1) is 13.2. The van der Waals surface area contributed by atoms with Crippen LogP contribution in [-0.2, 0) is 6.42 Å². The fourth-order valence-corrected chi connectivity index (χ4v) is 2.88. The number of hydrogen-bond donors (Lipinski definition) is 2. The summed E-state index contributed by atoms with van der Waals surface area (Å²) in [5.41, 5.74) is 3.50. The molecule has 3 nitrogen and oxygen atoms in total. The van der Waals surface area contributed by atoms with Crippen LogP contribution in [0, 0.1) is 6.92 Å². The number of nitrogens with one attached hydrogen (secondary N) is 2. The molecule has 2 N–H and O–H groups in total. The minimum Gasteiger partial charge on any atom is -0.457 e. The quantitative estimate of drug-likeness (QED) is 0.409. The molecule has 3 aromatic rings. The Morgan fingerprint density at radius 1 is 0.852 bits per heavy atom. The molecule has 0 amide bonds. The van der Waals surface area contributed by atoms with E-state index in [0.717, 1.165) is 36.6 Å². The van der Waals surface area contributed by atoms with E-state index in [1.165, 1.54) is 11.1 Å². The zero-order valence-electron chi connectivity index (χ0n) is 15.4. The topological polar surface area (TPSA) is 33.3 Å². The van der Waals surface area contributed by atoms with Crippen molar-refractivity contribution in [2.24, 2.45) is 0 Å². The van der Waals surface area contributed by atoms with E-state index in [9.17, 15) is 0 Å². The molecule has 138 valence electrons. The first-order valence-electron chi connectivity index (χ1n) is 9.12. The second-order valence-electron chi connectivity index (χ2n) is 6.41. The first-order valence-corrected chi connectivity index (χ1v) is 9.53. The number of thiocarbonyl (C=S) groups is 1. The summed E-state index contributed by atoms with van der Waals surface area (Å²) in [6, 6.07) is 26.3. The van der Waals surface area contributed by atoms with E-state index in [1.807, 2.05) is 54.6 Å². The average molecular weight is 377 g/mol. The van der Waals surface area contributed by atoms with E-state index in [2.05, 4.69) is 41.8 Å². The molecule has 0 aliphatic carbocycles. The van der Waals surface area contributed by atoms with E-state index < -0.39 is 0 Å². The van der Waals surface area contributed by atoms with E-state index in [1.54, 1.807) is 0 Å². The van der Waals surface area contributed by atoms with Gasteiger partial charge in [0, 0.05) is 12.2 Å². The highest BCUT2D eigenvalue weighted by Crippen LogP contribution is 2.23. The van der Waals surface area contributed by atoms with Gasteiger partial charge >= 0.3 is 0 Å². The molecular weight excluding hydrogens is 352 g/mol. The van der Waals surface area contributed by atoms with Crippen molar-refractivity contribution in [3.8, 4) is 11.5 Å². The number of ether oxygens (including phenoxy) is 1. The van der Waals surface area contributed by atoms with Crippen LogP contribution in [0.3, 0.4) is 0 Å². The molecule has 27 heavy (non-hydrogen) atoms. The number of aryl methyl sites for hydroxylation is 2. The number of benzene rings is 3. The lowest BCUT2D eigenvalue weighted by Gasteiger charge is -2.11. The zero-order valence-corrected chi connectivity index (χ0v) is 16.3. The van der Waals surface area contributed by atoms with Crippen LogP contribution in [0.1, 0.15) is 17.5 Å². The number of hydrogen-bond acceptors (Lipinski definition) is 2. The minimum absolute atomic E-state index is 0.635.